The van der Waals surface area contributed by atoms with Gasteiger partial charge in [-0.15, -0.1) is 10.2 Å². The van der Waals surface area contributed by atoms with Gasteiger partial charge >= 0.3 is 18.4 Å². The van der Waals surface area contributed by atoms with Crippen LogP contribution in [0.5, 0.6) is 0 Å². The van der Waals surface area contributed by atoms with Crippen molar-refractivity contribution < 1.29 is 35.9 Å². The van der Waals surface area contributed by atoms with Gasteiger partial charge in [-0.3, -0.25) is 10.1 Å². The van der Waals surface area contributed by atoms with Gasteiger partial charge in [-0.2, -0.15) is 26.3 Å². The Morgan fingerprint density at radius 1 is 0.892 bits per heavy atom. The first-order chi connectivity index (χ1) is 17.1. The number of carbonyl (C=O) groups excluding carboxylic acids is 2. The van der Waals surface area contributed by atoms with E-state index in [1.807, 2.05) is 36.5 Å². The zero-order chi connectivity index (χ0) is 27.5. The number of nitrogens with zero attached hydrogens (tertiary/aromatic N) is 2. The molecule has 1 aromatic heterocycles. The highest BCUT2D eigenvalue weighted by atomic mass is 32.1. The molecule has 0 bridgehead atoms. The molecule has 1 heterocycles. The lowest BCUT2D eigenvalue weighted by atomic mass is 10.0. The summed E-state index contributed by atoms with van der Waals surface area (Å²) in [6.45, 7) is 5.09. The Kier molecular flexibility index (Phi) is 8.10. The lowest BCUT2D eigenvalue weighted by Crippen LogP contribution is -2.48. The number of hydrogen-bond acceptors (Lipinski definition) is 5. The van der Waals surface area contributed by atoms with Crippen molar-refractivity contribution in [3.05, 3.63) is 59.2 Å². The molecule has 2 aromatic carbocycles. The molecule has 3 N–H and O–H groups in total. The normalized spacial score (nSPS) is 12.8. The largest absolute Gasteiger partial charge is 0.416 e. The summed E-state index contributed by atoms with van der Waals surface area (Å²) in [4.78, 5) is 25.2. The fourth-order valence-electron chi connectivity index (χ4n) is 3.22. The van der Waals surface area contributed by atoms with Crippen LogP contribution in [0.15, 0.2) is 42.5 Å². The number of anilines is 2. The Bertz CT molecular complexity index is 1260. The molecule has 0 unspecified atom stereocenters. The number of amides is 3. The van der Waals surface area contributed by atoms with Gasteiger partial charge in [0.1, 0.15) is 11.0 Å². The highest BCUT2D eigenvalue weighted by Gasteiger charge is 2.37. The van der Waals surface area contributed by atoms with Crippen molar-refractivity contribution in [1.29, 1.82) is 0 Å². The quantitative estimate of drug-likeness (QED) is 0.315. The third kappa shape index (κ3) is 7.41. The molecule has 7 nitrogen and oxygen atoms in total. The van der Waals surface area contributed by atoms with Crippen molar-refractivity contribution >= 4 is 34.1 Å². The van der Waals surface area contributed by atoms with Crippen LogP contribution in [0.25, 0.3) is 10.6 Å². The summed E-state index contributed by atoms with van der Waals surface area (Å²) >= 11 is 1.09. The van der Waals surface area contributed by atoms with E-state index in [1.165, 1.54) is 0 Å². The molecular formula is C23H21F6N5O2S. The molecule has 14 heteroatoms. The summed E-state index contributed by atoms with van der Waals surface area (Å²) < 4.78 is 78.4. The van der Waals surface area contributed by atoms with E-state index >= 15 is 0 Å². The predicted octanol–water partition coefficient (Wildman–Crippen LogP) is 6.34. The van der Waals surface area contributed by atoms with Gasteiger partial charge in [-0.1, -0.05) is 48.9 Å². The summed E-state index contributed by atoms with van der Waals surface area (Å²) in [6, 6.07) is 5.76. The summed E-state index contributed by atoms with van der Waals surface area (Å²) in [5.41, 5.74) is -2.13. The van der Waals surface area contributed by atoms with Gasteiger partial charge in [0, 0.05) is 11.3 Å². The van der Waals surface area contributed by atoms with Gasteiger partial charge in [0.05, 0.1) is 11.1 Å². The summed E-state index contributed by atoms with van der Waals surface area (Å²) in [5, 5.41) is 15.4. The number of aromatic nitrogens is 2. The van der Waals surface area contributed by atoms with Crippen LogP contribution in [-0.2, 0) is 17.1 Å². The molecule has 3 aromatic rings. The Hall–Kier alpha value is -3.68. The third-order valence-electron chi connectivity index (χ3n) is 5.00. The van der Waals surface area contributed by atoms with E-state index in [1.54, 1.807) is 13.8 Å². The molecule has 0 aliphatic heterocycles. The zero-order valence-electron chi connectivity index (χ0n) is 19.6. The standard InChI is InChI=1S/C23H21F6N5O2S/c1-11(2)17(18(35)32-21-34-33-19(37-21)13-6-4-5-12(3)7-13)31-20(36)30-16-9-14(22(24,25)26)8-15(10-16)23(27,28)29/h4-11,17H,1-3H3,(H2,30,31,36)(H,32,34,35)/t17-/m1/s1. The van der Waals surface area contributed by atoms with E-state index in [-0.39, 0.29) is 11.2 Å². The van der Waals surface area contributed by atoms with E-state index in [2.05, 4.69) is 20.8 Å². The fourth-order valence-corrected chi connectivity index (χ4v) is 3.96. The Morgan fingerprint density at radius 2 is 1.51 bits per heavy atom. The molecule has 0 saturated carbocycles. The lowest BCUT2D eigenvalue weighted by molar-refractivity contribution is -0.143. The van der Waals surface area contributed by atoms with Crippen molar-refractivity contribution in [1.82, 2.24) is 15.5 Å². The maximum Gasteiger partial charge on any atom is 0.416 e. The third-order valence-corrected chi connectivity index (χ3v) is 5.89. The molecule has 0 aliphatic carbocycles. The van der Waals surface area contributed by atoms with E-state index < -0.39 is 53.1 Å². The van der Waals surface area contributed by atoms with Crippen molar-refractivity contribution in [3.8, 4) is 10.6 Å². The minimum atomic E-state index is -5.08. The van der Waals surface area contributed by atoms with Crippen LogP contribution in [0.4, 0.5) is 42.0 Å². The first kappa shape index (κ1) is 27.9. The fraction of sp³-hybridized carbons (Fsp3) is 0.304. The first-order valence-electron chi connectivity index (χ1n) is 10.7. The molecule has 198 valence electrons. The average molecular weight is 546 g/mol. The summed E-state index contributed by atoms with van der Waals surface area (Å²) in [7, 11) is 0. The van der Waals surface area contributed by atoms with Crippen LogP contribution in [0.1, 0.15) is 30.5 Å². The highest BCUT2D eigenvalue weighted by molar-refractivity contribution is 7.18. The van der Waals surface area contributed by atoms with Gasteiger partial charge in [0.2, 0.25) is 11.0 Å². The average Bonchev–Trinajstić information content (AvgIpc) is 3.24. The number of hydrogen-bond donors (Lipinski definition) is 3. The number of rotatable bonds is 6. The monoisotopic (exact) mass is 545 g/mol. The van der Waals surface area contributed by atoms with E-state index in [0.29, 0.717) is 17.1 Å². The number of urea groups is 1. The zero-order valence-corrected chi connectivity index (χ0v) is 20.4. The number of halogens is 6. The van der Waals surface area contributed by atoms with Crippen molar-refractivity contribution in [2.45, 2.75) is 39.2 Å². The smallest absolute Gasteiger partial charge is 0.326 e. The van der Waals surface area contributed by atoms with Crippen LogP contribution in [0.3, 0.4) is 0 Å². The molecule has 37 heavy (non-hydrogen) atoms. The number of alkyl halides is 6. The van der Waals surface area contributed by atoms with Crippen LogP contribution in [0.2, 0.25) is 0 Å². The van der Waals surface area contributed by atoms with Crippen LogP contribution in [0, 0.1) is 12.8 Å². The van der Waals surface area contributed by atoms with Crippen LogP contribution >= 0.6 is 11.3 Å². The van der Waals surface area contributed by atoms with Gasteiger partial charge in [0.25, 0.3) is 0 Å². The molecule has 0 saturated heterocycles. The molecular weight excluding hydrogens is 524 g/mol. The molecule has 0 fully saturated rings. The number of benzene rings is 2. The van der Waals surface area contributed by atoms with Gasteiger partial charge in [-0.25, -0.2) is 4.79 Å². The van der Waals surface area contributed by atoms with E-state index in [9.17, 15) is 35.9 Å². The molecule has 1 atom stereocenters. The number of nitrogens with one attached hydrogen (secondary N) is 3. The summed E-state index contributed by atoms with van der Waals surface area (Å²) in [5.74, 6) is -1.20. The van der Waals surface area contributed by atoms with Crippen LogP contribution < -0.4 is 16.0 Å². The molecule has 0 radical (unpaired) electrons. The second-order valence-corrected chi connectivity index (χ2v) is 9.36. The van der Waals surface area contributed by atoms with Crippen molar-refractivity contribution in [2.24, 2.45) is 5.92 Å². The van der Waals surface area contributed by atoms with E-state index in [0.717, 1.165) is 22.5 Å². The SMILES string of the molecule is Cc1cccc(-c2nnc(NC(=O)[C@H](NC(=O)Nc3cc(C(F)(F)F)cc(C(F)(F)F)c3)C(C)C)s2)c1. The van der Waals surface area contributed by atoms with Gasteiger partial charge in [0.15, 0.2) is 0 Å². The maximum absolute atomic E-state index is 13.1. The van der Waals surface area contributed by atoms with Crippen molar-refractivity contribution in [3.63, 3.8) is 0 Å². The Labute approximate surface area is 211 Å². The minimum Gasteiger partial charge on any atom is -0.326 e. The number of carbonyl (C=O) groups is 2. The first-order valence-corrected chi connectivity index (χ1v) is 11.5. The van der Waals surface area contributed by atoms with Crippen LogP contribution in [-0.4, -0.2) is 28.2 Å². The molecule has 3 amide bonds. The molecule has 3 rings (SSSR count). The highest BCUT2D eigenvalue weighted by Crippen LogP contribution is 2.37. The van der Waals surface area contributed by atoms with Gasteiger partial charge < -0.3 is 10.6 Å². The number of aryl methyl sites for hydroxylation is 1. The maximum atomic E-state index is 13.1. The minimum absolute atomic E-state index is 0.0550. The second-order valence-electron chi connectivity index (χ2n) is 8.39. The summed E-state index contributed by atoms with van der Waals surface area (Å²) in [6.07, 6.45) is -10.2. The molecule has 0 aliphatic rings. The Morgan fingerprint density at radius 3 is 2.05 bits per heavy atom. The molecule has 0 spiro atoms. The Balaban J connectivity index is 1.73. The second kappa shape index (κ2) is 10.7. The predicted molar refractivity (Wildman–Crippen MR) is 126 cm³/mol. The lowest BCUT2D eigenvalue weighted by Gasteiger charge is -2.21. The van der Waals surface area contributed by atoms with Gasteiger partial charge in [-0.05, 0) is 37.1 Å². The van der Waals surface area contributed by atoms with Crippen molar-refractivity contribution in [2.75, 3.05) is 10.6 Å². The topological polar surface area (TPSA) is 96.0 Å². The van der Waals surface area contributed by atoms with E-state index in [4.69, 9.17) is 0 Å².